The fraction of sp³-hybridized carbons (Fsp3) is 0.333. The molecule has 2 aromatic rings. The molecule has 0 radical (unpaired) electrons. The lowest BCUT2D eigenvalue weighted by molar-refractivity contribution is -0.118. The van der Waals surface area contributed by atoms with Gasteiger partial charge in [0.05, 0.1) is 5.56 Å². The fourth-order valence-corrected chi connectivity index (χ4v) is 2.60. The largest absolute Gasteiger partial charge is 0.370 e. The van der Waals surface area contributed by atoms with Crippen molar-refractivity contribution in [3.8, 4) is 0 Å². The van der Waals surface area contributed by atoms with E-state index in [1.807, 2.05) is 38.1 Å². The third kappa shape index (κ3) is 4.45. The van der Waals surface area contributed by atoms with Crippen molar-refractivity contribution in [2.24, 2.45) is 5.73 Å². The maximum atomic E-state index is 12.3. The number of carbonyl (C=O) groups is 2. The van der Waals surface area contributed by atoms with Crippen molar-refractivity contribution in [3.05, 3.63) is 58.9 Å². The summed E-state index contributed by atoms with van der Waals surface area (Å²) < 4.78 is 2.13. The van der Waals surface area contributed by atoms with Crippen molar-refractivity contribution >= 4 is 11.8 Å². The van der Waals surface area contributed by atoms with E-state index >= 15 is 0 Å². The van der Waals surface area contributed by atoms with Gasteiger partial charge >= 0.3 is 0 Å². The van der Waals surface area contributed by atoms with Crippen molar-refractivity contribution in [2.75, 3.05) is 6.54 Å². The highest BCUT2D eigenvalue weighted by molar-refractivity contribution is 5.95. The molecule has 0 aliphatic rings. The van der Waals surface area contributed by atoms with Crippen LogP contribution in [-0.2, 0) is 11.3 Å². The smallest absolute Gasteiger partial charge is 0.253 e. The number of primary amides is 1. The van der Waals surface area contributed by atoms with Gasteiger partial charge in [-0.25, -0.2) is 0 Å². The van der Waals surface area contributed by atoms with Gasteiger partial charge in [-0.05, 0) is 31.9 Å². The summed E-state index contributed by atoms with van der Waals surface area (Å²) in [6, 6.07) is 12.1. The number of benzene rings is 1. The van der Waals surface area contributed by atoms with Crippen molar-refractivity contribution in [2.45, 2.75) is 33.2 Å². The van der Waals surface area contributed by atoms with Crippen LogP contribution in [0.25, 0.3) is 0 Å². The van der Waals surface area contributed by atoms with Crippen LogP contribution in [0.1, 0.15) is 40.2 Å². The monoisotopic (exact) mass is 313 g/mol. The Hall–Kier alpha value is -2.56. The molecular weight excluding hydrogens is 290 g/mol. The summed E-state index contributed by atoms with van der Waals surface area (Å²) in [7, 11) is 0. The molecule has 122 valence electrons. The molecule has 23 heavy (non-hydrogen) atoms. The first-order chi connectivity index (χ1) is 11.0. The minimum atomic E-state index is -0.347. The highest BCUT2D eigenvalue weighted by Gasteiger charge is 2.15. The molecule has 1 aromatic heterocycles. The summed E-state index contributed by atoms with van der Waals surface area (Å²) in [6.45, 7) is 5.14. The number of nitrogens with zero attached hydrogens (tertiary/aromatic N) is 1. The van der Waals surface area contributed by atoms with E-state index in [0.717, 1.165) is 17.9 Å². The Kier molecular flexibility index (Phi) is 5.57. The summed E-state index contributed by atoms with van der Waals surface area (Å²) in [5.41, 5.74) is 8.95. The zero-order valence-corrected chi connectivity index (χ0v) is 13.6. The Morgan fingerprint density at radius 1 is 1.17 bits per heavy atom. The van der Waals surface area contributed by atoms with Gasteiger partial charge in [0.1, 0.15) is 0 Å². The van der Waals surface area contributed by atoms with Crippen molar-refractivity contribution < 1.29 is 9.59 Å². The van der Waals surface area contributed by atoms with Crippen LogP contribution < -0.4 is 11.1 Å². The van der Waals surface area contributed by atoms with E-state index in [-0.39, 0.29) is 18.2 Å². The second kappa shape index (κ2) is 7.63. The van der Waals surface area contributed by atoms with E-state index in [1.54, 1.807) is 0 Å². The van der Waals surface area contributed by atoms with Crippen molar-refractivity contribution in [1.82, 2.24) is 9.88 Å². The van der Waals surface area contributed by atoms with Gasteiger partial charge in [0, 0.05) is 30.9 Å². The second-order valence-electron chi connectivity index (χ2n) is 5.68. The predicted molar refractivity (Wildman–Crippen MR) is 90.2 cm³/mol. The Bertz CT molecular complexity index is 690. The van der Waals surface area contributed by atoms with Crippen LogP contribution in [0.4, 0.5) is 0 Å². The number of amides is 2. The fourth-order valence-electron chi connectivity index (χ4n) is 2.60. The molecule has 0 fully saturated rings. The van der Waals surface area contributed by atoms with E-state index in [2.05, 4.69) is 22.0 Å². The van der Waals surface area contributed by atoms with Crippen LogP contribution in [0.3, 0.4) is 0 Å². The third-order valence-electron chi connectivity index (χ3n) is 3.89. The Morgan fingerprint density at radius 2 is 1.87 bits per heavy atom. The number of rotatable bonds is 7. The molecule has 1 heterocycles. The minimum Gasteiger partial charge on any atom is -0.370 e. The minimum absolute atomic E-state index is 0.109. The molecule has 0 unspecified atom stereocenters. The molecule has 3 N–H and O–H groups in total. The molecule has 0 atom stereocenters. The highest BCUT2D eigenvalue weighted by atomic mass is 16.2. The normalized spacial score (nSPS) is 10.5. The first kappa shape index (κ1) is 16.8. The summed E-state index contributed by atoms with van der Waals surface area (Å²) in [5.74, 6) is -0.456. The summed E-state index contributed by atoms with van der Waals surface area (Å²) >= 11 is 0. The molecule has 2 rings (SSSR count). The average molecular weight is 313 g/mol. The number of nitrogens with one attached hydrogen (secondary N) is 1. The number of hydrogen-bond acceptors (Lipinski definition) is 2. The number of hydrogen-bond donors (Lipinski definition) is 2. The molecule has 0 aliphatic carbocycles. The van der Waals surface area contributed by atoms with Gasteiger partial charge in [-0.2, -0.15) is 0 Å². The SMILES string of the molecule is Cc1cc(C(=O)NCCCC(N)=O)c(C)n1Cc1ccccc1. The van der Waals surface area contributed by atoms with Crippen LogP contribution >= 0.6 is 0 Å². The summed E-state index contributed by atoms with van der Waals surface area (Å²) in [5, 5.41) is 2.84. The molecular formula is C18H23N3O2. The van der Waals surface area contributed by atoms with Crippen molar-refractivity contribution in [3.63, 3.8) is 0 Å². The number of nitrogens with two attached hydrogens (primary N) is 1. The van der Waals surface area contributed by atoms with Gasteiger partial charge in [0.25, 0.3) is 5.91 Å². The summed E-state index contributed by atoms with van der Waals surface area (Å²) in [4.78, 5) is 23.0. The van der Waals surface area contributed by atoms with Crippen LogP contribution in [0.15, 0.2) is 36.4 Å². The molecule has 1 aromatic carbocycles. The molecule has 5 heteroatoms. The van der Waals surface area contributed by atoms with Gasteiger partial charge in [0.2, 0.25) is 5.91 Å². The third-order valence-corrected chi connectivity index (χ3v) is 3.89. The van der Waals surface area contributed by atoms with Crippen LogP contribution in [-0.4, -0.2) is 22.9 Å². The first-order valence-corrected chi connectivity index (χ1v) is 7.76. The molecule has 0 bridgehead atoms. The van der Waals surface area contributed by atoms with Gasteiger partial charge in [-0.3, -0.25) is 9.59 Å². The topological polar surface area (TPSA) is 77.1 Å². The van der Waals surface area contributed by atoms with E-state index in [9.17, 15) is 9.59 Å². The average Bonchev–Trinajstić information content (AvgIpc) is 2.80. The predicted octanol–water partition coefficient (Wildman–Crippen LogP) is 2.15. The number of aromatic nitrogens is 1. The van der Waals surface area contributed by atoms with E-state index in [1.165, 1.54) is 5.56 Å². The summed E-state index contributed by atoms with van der Waals surface area (Å²) in [6.07, 6.45) is 0.844. The molecule has 0 saturated heterocycles. The Labute approximate surface area is 136 Å². The molecule has 0 spiro atoms. The Balaban J connectivity index is 2.05. The van der Waals surface area contributed by atoms with Gasteiger partial charge in [0.15, 0.2) is 0 Å². The lowest BCUT2D eigenvalue weighted by Gasteiger charge is -2.10. The van der Waals surface area contributed by atoms with E-state index in [4.69, 9.17) is 5.73 Å². The van der Waals surface area contributed by atoms with Gasteiger partial charge in [-0.15, -0.1) is 0 Å². The lowest BCUT2D eigenvalue weighted by atomic mass is 10.2. The van der Waals surface area contributed by atoms with Crippen LogP contribution in [0.2, 0.25) is 0 Å². The van der Waals surface area contributed by atoms with Crippen molar-refractivity contribution in [1.29, 1.82) is 0 Å². The molecule has 2 amide bonds. The van der Waals surface area contributed by atoms with Crippen LogP contribution in [0.5, 0.6) is 0 Å². The van der Waals surface area contributed by atoms with E-state index in [0.29, 0.717) is 18.5 Å². The zero-order valence-electron chi connectivity index (χ0n) is 13.6. The Morgan fingerprint density at radius 3 is 2.52 bits per heavy atom. The maximum Gasteiger partial charge on any atom is 0.253 e. The number of aryl methyl sites for hydroxylation is 1. The molecule has 0 saturated carbocycles. The molecule has 0 aliphatic heterocycles. The van der Waals surface area contributed by atoms with E-state index < -0.39 is 0 Å². The number of carbonyl (C=O) groups excluding carboxylic acids is 2. The standard InChI is InChI=1S/C18H23N3O2/c1-13-11-16(18(23)20-10-6-9-17(19)22)14(2)21(13)12-15-7-4-3-5-8-15/h3-5,7-8,11H,6,9-10,12H2,1-2H3,(H2,19,22)(H,20,23). The van der Waals surface area contributed by atoms with Gasteiger partial charge < -0.3 is 15.6 Å². The molecule has 5 nitrogen and oxygen atoms in total. The van der Waals surface area contributed by atoms with Gasteiger partial charge in [-0.1, -0.05) is 30.3 Å². The van der Waals surface area contributed by atoms with Crippen LogP contribution in [0, 0.1) is 13.8 Å². The first-order valence-electron chi connectivity index (χ1n) is 7.76. The second-order valence-corrected chi connectivity index (χ2v) is 5.68. The highest BCUT2D eigenvalue weighted by Crippen LogP contribution is 2.17. The lowest BCUT2D eigenvalue weighted by Crippen LogP contribution is -2.26. The maximum absolute atomic E-state index is 12.3. The zero-order chi connectivity index (χ0) is 16.8. The quantitative estimate of drug-likeness (QED) is 0.768.